The summed E-state index contributed by atoms with van der Waals surface area (Å²) in [5, 5.41) is 3.97. The van der Waals surface area contributed by atoms with Gasteiger partial charge < -0.3 is 5.32 Å². The summed E-state index contributed by atoms with van der Waals surface area (Å²) in [7, 11) is 0. The van der Waals surface area contributed by atoms with Gasteiger partial charge in [0.25, 0.3) is 0 Å². The second-order valence-electron chi connectivity index (χ2n) is 3.55. The Morgan fingerprint density at radius 1 is 1.60 bits per heavy atom. The topological polar surface area (TPSA) is 54.9 Å². The first-order valence-corrected chi connectivity index (χ1v) is 6.18. The quantitative estimate of drug-likeness (QED) is 0.480. The molecule has 0 bridgehead atoms. The number of nitrogens with zero attached hydrogens (tertiary/aromatic N) is 2. The van der Waals surface area contributed by atoms with Crippen LogP contribution in [0.2, 0.25) is 0 Å². The van der Waals surface area contributed by atoms with E-state index in [9.17, 15) is 4.79 Å². The Kier molecular flexibility index (Phi) is 3.20. The fourth-order valence-electron chi connectivity index (χ4n) is 1.42. The highest BCUT2D eigenvalue weighted by Gasteiger charge is 2.19. The summed E-state index contributed by atoms with van der Waals surface area (Å²) in [6.07, 6.45) is 7.88. The molecular weight excluding hydrogens is 210 g/mol. The van der Waals surface area contributed by atoms with E-state index in [4.69, 9.17) is 0 Å². The van der Waals surface area contributed by atoms with Crippen LogP contribution >= 0.6 is 11.8 Å². The van der Waals surface area contributed by atoms with Crippen LogP contribution in [0, 0.1) is 0 Å². The van der Waals surface area contributed by atoms with E-state index in [0.717, 1.165) is 19.1 Å². The van der Waals surface area contributed by atoms with Crippen LogP contribution in [-0.4, -0.2) is 28.6 Å². The number of anilines is 1. The van der Waals surface area contributed by atoms with Gasteiger partial charge in [-0.25, -0.2) is 9.97 Å². The van der Waals surface area contributed by atoms with Gasteiger partial charge >= 0.3 is 0 Å². The minimum atomic E-state index is 0.480. The van der Waals surface area contributed by atoms with Crippen molar-refractivity contribution in [2.24, 2.45) is 0 Å². The van der Waals surface area contributed by atoms with Crippen molar-refractivity contribution >= 4 is 23.9 Å². The first-order chi connectivity index (χ1) is 7.33. The van der Waals surface area contributed by atoms with Gasteiger partial charge in [0, 0.05) is 12.2 Å². The van der Waals surface area contributed by atoms with Gasteiger partial charge in [-0.15, -0.1) is 0 Å². The van der Waals surface area contributed by atoms with Crippen LogP contribution in [0.4, 0.5) is 5.82 Å². The van der Waals surface area contributed by atoms with E-state index in [2.05, 4.69) is 15.3 Å². The van der Waals surface area contributed by atoms with Gasteiger partial charge in [-0.2, -0.15) is 0 Å². The van der Waals surface area contributed by atoms with E-state index in [1.807, 2.05) is 6.26 Å². The molecule has 1 heterocycles. The molecule has 1 fully saturated rings. The molecule has 1 aliphatic carbocycles. The van der Waals surface area contributed by atoms with E-state index in [1.54, 1.807) is 6.20 Å². The summed E-state index contributed by atoms with van der Waals surface area (Å²) >= 11 is 1.48. The van der Waals surface area contributed by atoms with Crippen LogP contribution in [0.25, 0.3) is 0 Å². The van der Waals surface area contributed by atoms with Gasteiger partial charge in [-0.05, 0) is 25.5 Å². The van der Waals surface area contributed by atoms with Crippen molar-refractivity contribution < 1.29 is 4.79 Å². The smallest absolute Gasteiger partial charge is 0.189 e. The first-order valence-electron chi connectivity index (χ1n) is 4.96. The maximum absolute atomic E-state index is 10.8. The number of nitrogens with one attached hydrogen (secondary N) is 1. The molecule has 0 amide bonds. The van der Waals surface area contributed by atoms with E-state index < -0.39 is 0 Å². The summed E-state index contributed by atoms with van der Waals surface area (Å²) < 4.78 is 0. The third-order valence-corrected chi connectivity index (χ3v) is 3.11. The van der Waals surface area contributed by atoms with Crippen molar-refractivity contribution in [3.63, 3.8) is 0 Å². The van der Waals surface area contributed by atoms with E-state index in [-0.39, 0.29) is 0 Å². The Balaban J connectivity index is 2.20. The fourth-order valence-corrected chi connectivity index (χ4v) is 1.76. The number of aldehydes is 1. The zero-order valence-corrected chi connectivity index (χ0v) is 9.38. The van der Waals surface area contributed by atoms with Crippen LogP contribution in [0.1, 0.15) is 29.6 Å². The van der Waals surface area contributed by atoms with Crippen molar-refractivity contribution in [3.05, 3.63) is 11.8 Å². The van der Waals surface area contributed by atoms with Gasteiger partial charge in [0.2, 0.25) is 0 Å². The van der Waals surface area contributed by atoms with E-state index in [1.165, 1.54) is 18.2 Å². The number of thioether (sulfide) groups is 1. The van der Waals surface area contributed by atoms with Crippen molar-refractivity contribution in [2.75, 3.05) is 11.6 Å². The molecule has 0 aliphatic heterocycles. The second-order valence-corrected chi connectivity index (χ2v) is 4.32. The molecule has 2 rings (SSSR count). The highest BCUT2D eigenvalue weighted by atomic mass is 32.2. The number of carbonyl (C=O) groups is 1. The van der Waals surface area contributed by atoms with Crippen LogP contribution in [0.3, 0.4) is 0 Å². The Labute approximate surface area is 92.9 Å². The SMILES string of the molecule is CSc1ncc(C=O)c(NC2CCC2)n1. The molecule has 1 aromatic rings. The predicted molar refractivity (Wildman–Crippen MR) is 60.5 cm³/mol. The van der Waals surface area contributed by atoms with Crippen LogP contribution < -0.4 is 5.32 Å². The standard InChI is InChI=1S/C10H13N3OS/c1-15-10-11-5-7(6-14)9(13-10)12-8-3-2-4-8/h5-6,8H,2-4H2,1H3,(H,11,12,13). The van der Waals surface area contributed by atoms with Crippen LogP contribution in [0.15, 0.2) is 11.4 Å². The molecule has 0 saturated heterocycles. The average molecular weight is 223 g/mol. The molecule has 1 N–H and O–H groups in total. The van der Waals surface area contributed by atoms with Gasteiger partial charge in [0.15, 0.2) is 11.4 Å². The molecule has 5 heteroatoms. The molecule has 1 saturated carbocycles. The molecule has 4 nitrogen and oxygen atoms in total. The molecule has 0 atom stereocenters. The molecule has 0 unspecified atom stereocenters. The van der Waals surface area contributed by atoms with Crippen molar-refractivity contribution in [2.45, 2.75) is 30.5 Å². The minimum absolute atomic E-state index is 0.480. The highest BCUT2D eigenvalue weighted by molar-refractivity contribution is 7.98. The van der Waals surface area contributed by atoms with Crippen molar-refractivity contribution in [1.29, 1.82) is 0 Å². The molecule has 80 valence electrons. The van der Waals surface area contributed by atoms with Gasteiger partial charge in [-0.1, -0.05) is 11.8 Å². The Hall–Kier alpha value is -1.10. The summed E-state index contributed by atoms with van der Waals surface area (Å²) in [5.74, 6) is 0.675. The monoisotopic (exact) mass is 223 g/mol. The Morgan fingerprint density at radius 3 is 2.93 bits per heavy atom. The molecular formula is C10H13N3OS. The summed E-state index contributed by atoms with van der Waals surface area (Å²) in [5.41, 5.74) is 0.541. The summed E-state index contributed by atoms with van der Waals surface area (Å²) in [4.78, 5) is 19.1. The molecule has 1 aliphatic rings. The van der Waals surface area contributed by atoms with Gasteiger partial charge in [-0.3, -0.25) is 4.79 Å². The lowest BCUT2D eigenvalue weighted by Crippen LogP contribution is -2.28. The minimum Gasteiger partial charge on any atom is -0.367 e. The van der Waals surface area contributed by atoms with Crippen LogP contribution in [-0.2, 0) is 0 Å². The first kappa shape index (κ1) is 10.4. The maximum Gasteiger partial charge on any atom is 0.189 e. The molecule has 1 aromatic heterocycles. The largest absolute Gasteiger partial charge is 0.367 e. The lowest BCUT2D eigenvalue weighted by atomic mass is 9.93. The zero-order valence-electron chi connectivity index (χ0n) is 8.56. The van der Waals surface area contributed by atoms with Gasteiger partial charge in [0.05, 0.1) is 5.56 Å². The summed E-state index contributed by atoms with van der Waals surface area (Å²) in [6, 6.07) is 0.480. The number of hydrogen-bond acceptors (Lipinski definition) is 5. The summed E-state index contributed by atoms with van der Waals surface area (Å²) in [6.45, 7) is 0. The third-order valence-electron chi connectivity index (χ3n) is 2.55. The number of carbonyl (C=O) groups excluding carboxylic acids is 1. The normalized spacial score (nSPS) is 15.8. The zero-order chi connectivity index (χ0) is 10.7. The number of aromatic nitrogens is 2. The van der Waals surface area contributed by atoms with E-state index in [0.29, 0.717) is 22.6 Å². The number of rotatable bonds is 4. The van der Waals surface area contributed by atoms with Gasteiger partial charge in [0.1, 0.15) is 5.82 Å². The lowest BCUT2D eigenvalue weighted by Gasteiger charge is -2.27. The second kappa shape index (κ2) is 4.61. The lowest BCUT2D eigenvalue weighted by molar-refractivity contribution is 0.112. The van der Waals surface area contributed by atoms with E-state index >= 15 is 0 Å². The molecule has 0 spiro atoms. The third kappa shape index (κ3) is 2.28. The molecule has 0 aromatic carbocycles. The highest BCUT2D eigenvalue weighted by Crippen LogP contribution is 2.24. The van der Waals surface area contributed by atoms with Crippen molar-refractivity contribution in [3.8, 4) is 0 Å². The average Bonchev–Trinajstić information content (AvgIpc) is 2.23. The van der Waals surface area contributed by atoms with Crippen LogP contribution in [0.5, 0.6) is 0 Å². The molecule has 15 heavy (non-hydrogen) atoms. The predicted octanol–water partition coefficient (Wildman–Crippen LogP) is 1.98. The fraction of sp³-hybridized carbons (Fsp3) is 0.500. The maximum atomic E-state index is 10.8. The number of hydrogen-bond donors (Lipinski definition) is 1. The Bertz CT molecular complexity index is 366. The van der Waals surface area contributed by atoms with Crippen molar-refractivity contribution in [1.82, 2.24) is 9.97 Å². The molecule has 0 radical (unpaired) electrons. The Morgan fingerprint density at radius 2 is 2.40 bits per heavy atom.